The number of hydrogen-bond donors (Lipinski definition) is 0. The molecule has 146 valence electrons. The third kappa shape index (κ3) is 3.83. The summed E-state index contributed by atoms with van der Waals surface area (Å²) in [5.41, 5.74) is 2.19. The molecule has 2 aromatic carbocycles. The fourth-order valence-electron chi connectivity index (χ4n) is 3.87. The summed E-state index contributed by atoms with van der Waals surface area (Å²) >= 11 is 0. The van der Waals surface area contributed by atoms with Crippen LogP contribution in [0.5, 0.6) is 0 Å². The van der Waals surface area contributed by atoms with Gasteiger partial charge < -0.3 is 4.57 Å². The Hall–Kier alpha value is -2.60. The van der Waals surface area contributed by atoms with E-state index >= 15 is 0 Å². The van der Waals surface area contributed by atoms with E-state index in [4.69, 9.17) is 0 Å². The summed E-state index contributed by atoms with van der Waals surface area (Å²) in [7, 11) is 0. The van der Waals surface area contributed by atoms with Crippen molar-refractivity contribution in [2.45, 2.75) is 31.7 Å². The van der Waals surface area contributed by atoms with Crippen LogP contribution in [0.1, 0.15) is 34.8 Å². The van der Waals surface area contributed by atoms with Gasteiger partial charge in [-0.2, -0.15) is 13.2 Å². The number of benzene rings is 2. The van der Waals surface area contributed by atoms with Crippen molar-refractivity contribution in [2.75, 3.05) is 6.54 Å². The lowest BCUT2D eigenvalue weighted by Gasteiger charge is -2.31. The quantitative estimate of drug-likeness (QED) is 0.527. The second kappa shape index (κ2) is 7.43. The van der Waals surface area contributed by atoms with Gasteiger partial charge in [0.1, 0.15) is 5.82 Å². The predicted octanol–water partition coefficient (Wildman–Crippen LogP) is 5.64. The standard InChI is InChI=1S/C22H20F4N2/c23-19-10-4-16(5-11-19)15-28-14-2-13-27-12-1-3-20(27)21(28)17-6-8-18(9-7-17)22(24,25)26/h1,3-12,21H,2,13-15H2. The monoisotopic (exact) mass is 388 g/mol. The molecule has 1 unspecified atom stereocenters. The van der Waals surface area contributed by atoms with Crippen molar-refractivity contribution in [3.05, 3.63) is 95.1 Å². The van der Waals surface area contributed by atoms with Crippen LogP contribution >= 0.6 is 0 Å². The highest BCUT2D eigenvalue weighted by Crippen LogP contribution is 2.35. The van der Waals surface area contributed by atoms with E-state index in [0.29, 0.717) is 6.54 Å². The number of halogens is 4. The number of alkyl halides is 3. The average Bonchev–Trinajstić information content (AvgIpc) is 3.05. The fraction of sp³-hybridized carbons (Fsp3) is 0.273. The van der Waals surface area contributed by atoms with Crippen molar-refractivity contribution in [1.82, 2.24) is 9.47 Å². The predicted molar refractivity (Wildman–Crippen MR) is 99.1 cm³/mol. The van der Waals surface area contributed by atoms with Crippen LogP contribution in [0.4, 0.5) is 17.6 Å². The molecule has 0 N–H and O–H groups in total. The Labute approximate surface area is 161 Å². The van der Waals surface area contributed by atoms with Gasteiger partial charge in [0, 0.05) is 31.5 Å². The molecule has 1 aliphatic heterocycles. The zero-order valence-corrected chi connectivity index (χ0v) is 15.2. The summed E-state index contributed by atoms with van der Waals surface area (Å²) in [6.45, 7) is 2.25. The Morgan fingerprint density at radius 3 is 2.29 bits per heavy atom. The second-order valence-electron chi connectivity index (χ2n) is 7.10. The number of rotatable bonds is 3. The van der Waals surface area contributed by atoms with Crippen molar-refractivity contribution >= 4 is 0 Å². The van der Waals surface area contributed by atoms with Crippen LogP contribution in [0.2, 0.25) is 0 Å². The second-order valence-corrected chi connectivity index (χ2v) is 7.10. The third-order valence-corrected chi connectivity index (χ3v) is 5.21. The Morgan fingerprint density at radius 2 is 1.61 bits per heavy atom. The normalized spacial score (nSPS) is 17.9. The maximum absolute atomic E-state index is 13.3. The molecule has 0 fully saturated rings. The minimum Gasteiger partial charge on any atom is -0.350 e. The molecule has 0 aliphatic carbocycles. The molecular weight excluding hydrogens is 368 g/mol. The van der Waals surface area contributed by atoms with Crippen LogP contribution in [0, 0.1) is 5.82 Å². The molecule has 0 bridgehead atoms. The van der Waals surface area contributed by atoms with Crippen molar-refractivity contribution < 1.29 is 17.6 Å². The van der Waals surface area contributed by atoms with Gasteiger partial charge in [0.2, 0.25) is 0 Å². The highest BCUT2D eigenvalue weighted by atomic mass is 19.4. The largest absolute Gasteiger partial charge is 0.416 e. The lowest BCUT2D eigenvalue weighted by atomic mass is 9.99. The minimum absolute atomic E-state index is 0.162. The van der Waals surface area contributed by atoms with E-state index in [-0.39, 0.29) is 11.9 Å². The van der Waals surface area contributed by atoms with Gasteiger partial charge in [-0.25, -0.2) is 4.39 Å². The molecule has 0 amide bonds. The lowest BCUT2D eigenvalue weighted by molar-refractivity contribution is -0.137. The topological polar surface area (TPSA) is 8.17 Å². The van der Waals surface area contributed by atoms with Gasteiger partial charge in [-0.3, -0.25) is 4.90 Å². The van der Waals surface area contributed by atoms with Crippen molar-refractivity contribution in [2.24, 2.45) is 0 Å². The van der Waals surface area contributed by atoms with Crippen LogP contribution in [0.25, 0.3) is 0 Å². The van der Waals surface area contributed by atoms with Crippen LogP contribution in [-0.4, -0.2) is 16.0 Å². The molecule has 0 saturated carbocycles. The number of aryl methyl sites for hydroxylation is 1. The minimum atomic E-state index is -4.35. The zero-order valence-electron chi connectivity index (χ0n) is 15.2. The third-order valence-electron chi connectivity index (χ3n) is 5.21. The maximum atomic E-state index is 13.3. The average molecular weight is 388 g/mol. The molecule has 6 heteroatoms. The van der Waals surface area contributed by atoms with E-state index < -0.39 is 11.7 Å². The molecule has 0 saturated heterocycles. The van der Waals surface area contributed by atoms with Crippen molar-refractivity contribution in [3.8, 4) is 0 Å². The summed E-state index contributed by atoms with van der Waals surface area (Å²) in [6.07, 6.45) is -1.41. The zero-order chi connectivity index (χ0) is 19.7. The fourth-order valence-corrected chi connectivity index (χ4v) is 3.87. The molecule has 1 aliphatic rings. The first kappa shape index (κ1) is 18.7. The van der Waals surface area contributed by atoms with E-state index in [0.717, 1.165) is 48.5 Å². The Balaban J connectivity index is 1.71. The van der Waals surface area contributed by atoms with Crippen LogP contribution in [0.15, 0.2) is 66.9 Å². The van der Waals surface area contributed by atoms with Gasteiger partial charge in [0.15, 0.2) is 0 Å². The van der Waals surface area contributed by atoms with Gasteiger partial charge in [-0.05, 0) is 53.9 Å². The van der Waals surface area contributed by atoms with Crippen LogP contribution < -0.4 is 0 Å². The summed E-state index contributed by atoms with van der Waals surface area (Å²) in [5, 5.41) is 0. The van der Waals surface area contributed by atoms with E-state index in [1.807, 2.05) is 18.3 Å². The molecule has 2 heterocycles. The molecule has 4 rings (SSSR count). The first-order valence-corrected chi connectivity index (χ1v) is 9.22. The van der Waals surface area contributed by atoms with E-state index in [9.17, 15) is 17.6 Å². The highest BCUT2D eigenvalue weighted by Gasteiger charge is 2.32. The Kier molecular flexibility index (Phi) is 4.98. The Bertz CT molecular complexity index is 926. The van der Waals surface area contributed by atoms with Gasteiger partial charge in [-0.1, -0.05) is 24.3 Å². The van der Waals surface area contributed by atoms with Crippen molar-refractivity contribution in [3.63, 3.8) is 0 Å². The number of hydrogen-bond acceptors (Lipinski definition) is 1. The smallest absolute Gasteiger partial charge is 0.350 e. The molecule has 1 aromatic heterocycles. The molecule has 1 atom stereocenters. The van der Waals surface area contributed by atoms with E-state index in [1.54, 1.807) is 24.3 Å². The summed E-state index contributed by atoms with van der Waals surface area (Å²) in [5.74, 6) is -0.284. The Morgan fingerprint density at radius 1 is 0.893 bits per heavy atom. The molecular formula is C22H20F4N2. The number of fused-ring (bicyclic) bond motifs is 1. The summed E-state index contributed by atoms with van der Waals surface area (Å²) in [4.78, 5) is 2.24. The van der Waals surface area contributed by atoms with E-state index in [1.165, 1.54) is 12.1 Å². The van der Waals surface area contributed by atoms with Gasteiger partial charge in [0.05, 0.1) is 11.6 Å². The first-order valence-electron chi connectivity index (χ1n) is 9.22. The van der Waals surface area contributed by atoms with Gasteiger partial charge >= 0.3 is 6.18 Å². The molecule has 0 spiro atoms. The SMILES string of the molecule is Fc1ccc(CN2CCCn3cccc3C2c2ccc(C(F)(F)F)cc2)cc1. The number of nitrogens with zero attached hydrogens (tertiary/aromatic N) is 2. The molecule has 0 radical (unpaired) electrons. The molecule has 2 nitrogen and oxygen atoms in total. The van der Waals surface area contributed by atoms with Gasteiger partial charge in [-0.15, -0.1) is 0 Å². The maximum Gasteiger partial charge on any atom is 0.416 e. The van der Waals surface area contributed by atoms with E-state index in [2.05, 4.69) is 9.47 Å². The highest BCUT2D eigenvalue weighted by molar-refractivity contribution is 5.33. The van der Waals surface area contributed by atoms with Crippen LogP contribution in [-0.2, 0) is 19.3 Å². The first-order chi connectivity index (χ1) is 13.4. The summed E-state index contributed by atoms with van der Waals surface area (Å²) in [6, 6.07) is 15.6. The molecule has 3 aromatic rings. The van der Waals surface area contributed by atoms with Crippen molar-refractivity contribution in [1.29, 1.82) is 0 Å². The van der Waals surface area contributed by atoms with Gasteiger partial charge in [0.25, 0.3) is 0 Å². The summed E-state index contributed by atoms with van der Waals surface area (Å²) < 4.78 is 54.3. The van der Waals surface area contributed by atoms with Crippen LogP contribution in [0.3, 0.4) is 0 Å². The lowest BCUT2D eigenvalue weighted by Crippen LogP contribution is -2.29. The molecule has 28 heavy (non-hydrogen) atoms. The number of aromatic nitrogens is 1.